The van der Waals surface area contributed by atoms with Gasteiger partial charge in [0.25, 0.3) is 0 Å². The first-order chi connectivity index (χ1) is 9.74. The van der Waals surface area contributed by atoms with Crippen LogP contribution in [0.4, 0.5) is 11.4 Å². The average Bonchev–Trinajstić information content (AvgIpc) is 2.78. The number of benzene rings is 1. The van der Waals surface area contributed by atoms with Crippen molar-refractivity contribution in [3.05, 3.63) is 35.4 Å². The van der Waals surface area contributed by atoms with Crippen molar-refractivity contribution in [1.82, 2.24) is 0 Å². The average molecular weight is 330 g/mol. The Bertz CT molecular complexity index is 688. The van der Waals surface area contributed by atoms with Gasteiger partial charge in [-0.15, -0.1) is 0 Å². The first-order valence-electron chi connectivity index (χ1n) is 6.27. The molecule has 1 aliphatic carbocycles. The monoisotopic (exact) mass is 329 g/mol. The fraction of sp³-hybridized carbons (Fsp3) is 0.308. The number of carbonyl (C=O) groups excluding carboxylic acids is 1. The van der Waals surface area contributed by atoms with E-state index < -0.39 is 10.0 Å². The molecule has 0 heterocycles. The third-order valence-electron chi connectivity index (χ3n) is 2.99. The summed E-state index contributed by atoms with van der Waals surface area (Å²) in [6.07, 6.45) is 5.19. The maximum Gasteiger partial charge on any atom is 0.231 e. The van der Waals surface area contributed by atoms with Crippen LogP contribution in [-0.2, 0) is 14.8 Å². The van der Waals surface area contributed by atoms with E-state index in [-0.39, 0.29) is 28.6 Å². The van der Waals surface area contributed by atoms with Crippen molar-refractivity contribution in [2.24, 2.45) is 11.7 Å². The molecular weight excluding hydrogens is 314 g/mol. The second-order valence-corrected chi connectivity index (χ2v) is 7.10. The highest BCUT2D eigenvalue weighted by atomic mass is 35.5. The van der Waals surface area contributed by atoms with Crippen molar-refractivity contribution in [3.63, 3.8) is 0 Å². The van der Waals surface area contributed by atoms with E-state index in [1.54, 1.807) is 18.2 Å². The third kappa shape index (κ3) is 4.45. The molecule has 1 aromatic carbocycles. The van der Waals surface area contributed by atoms with Gasteiger partial charge in [0.05, 0.1) is 22.9 Å². The number of halogens is 1. The molecule has 0 aliphatic heterocycles. The van der Waals surface area contributed by atoms with Crippen molar-refractivity contribution < 1.29 is 13.2 Å². The quantitative estimate of drug-likeness (QED) is 0.729. The van der Waals surface area contributed by atoms with Crippen LogP contribution in [0.15, 0.2) is 30.4 Å². The lowest BCUT2D eigenvalue weighted by Gasteiger charge is -2.12. The number of amides is 1. The minimum Gasteiger partial charge on any atom is -0.326 e. The Morgan fingerprint density at radius 3 is 2.62 bits per heavy atom. The molecule has 0 aromatic heterocycles. The summed E-state index contributed by atoms with van der Waals surface area (Å²) in [7, 11) is -3.40. The first kappa shape index (κ1) is 15.8. The van der Waals surface area contributed by atoms with Gasteiger partial charge in [-0.25, -0.2) is 8.42 Å². The third-order valence-corrected chi connectivity index (χ3v) is 3.89. The number of hydrogen-bond acceptors (Lipinski definition) is 4. The van der Waals surface area contributed by atoms with Gasteiger partial charge >= 0.3 is 0 Å². The van der Waals surface area contributed by atoms with E-state index in [1.807, 2.05) is 0 Å². The van der Waals surface area contributed by atoms with E-state index in [9.17, 15) is 13.2 Å². The molecule has 4 N–H and O–H groups in total. The predicted molar refractivity (Wildman–Crippen MR) is 83.8 cm³/mol. The highest BCUT2D eigenvalue weighted by Gasteiger charge is 2.22. The van der Waals surface area contributed by atoms with Crippen LogP contribution in [0.2, 0.25) is 5.02 Å². The number of anilines is 2. The Morgan fingerprint density at radius 1 is 1.38 bits per heavy atom. The molecule has 2 unspecified atom stereocenters. The van der Waals surface area contributed by atoms with Crippen LogP contribution < -0.4 is 15.8 Å². The zero-order chi connectivity index (χ0) is 15.6. The standard InChI is InChI=1S/C13H16ClN3O3S/c1-21(19,20)17-12-5-4-10(7-11(12)14)16-13(18)8-2-3-9(15)6-8/h2-5,7-9,17H,6,15H2,1H3,(H,16,18). The zero-order valence-corrected chi connectivity index (χ0v) is 12.9. The van der Waals surface area contributed by atoms with Crippen molar-refractivity contribution in [2.75, 3.05) is 16.3 Å². The Labute approximate surface area is 128 Å². The van der Waals surface area contributed by atoms with Gasteiger partial charge in [0.1, 0.15) is 0 Å². The van der Waals surface area contributed by atoms with Crippen LogP contribution in [0.3, 0.4) is 0 Å². The van der Waals surface area contributed by atoms with Crippen LogP contribution in [0, 0.1) is 5.92 Å². The van der Waals surface area contributed by atoms with Gasteiger partial charge in [-0.05, 0) is 24.6 Å². The van der Waals surface area contributed by atoms with Gasteiger partial charge in [0, 0.05) is 11.7 Å². The molecule has 2 atom stereocenters. The summed E-state index contributed by atoms with van der Waals surface area (Å²) in [5.74, 6) is -0.424. The SMILES string of the molecule is CS(=O)(=O)Nc1ccc(NC(=O)C2C=CC(N)C2)cc1Cl. The number of carbonyl (C=O) groups is 1. The summed E-state index contributed by atoms with van der Waals surface area (Å²) in [6, 6.07) is 4.47. The molecule has 114 valence electrons. The van der Waals surface area contributed by atoms with Crippen molar-refractivity contribution in [3.8, 4) is 0 Å². The molecule has 0 saturated heterocycles. The Kier molecular flexibility index (Phi) is 4.55. The Morgan fingerprint density at radius 2 is 2.10 bits per heavy atom. The van der Waals surface area contributed by atoms with Gasteiger partial charge < -0.3 is 11.1 Å². The summed E-state index contributed by atoms with van der Waals surface area (Å²) in [5, 5.41) is 2.93. The molecule has 1 aromatic rings. The highest BCUT2D eigenvalue weighted by molar-refractivity contribution is 7.92. The molecule has 1 amide bonds. The molecule has 0 radical (unpaired) electrons. The zero-order valence-electron chi connectivity index (χ0n) is 11.3. The maximum atomic E-state index is 12.0. The summed E-state index contributed by atoms with van der Waals surface area (Å²) < 4.78 is 24.6. The lowest BCUT2D eigenvalue weighted by atomic mass is 10.1. The molecule has 1 aliphatic rings. The molecule has 0 saturated carbocycles. The largest absolute Gasteiger partial charge is 0.326 e. The van der Waals surface area contributed by atoms with Crippen LogP contribution >= 0.6 is 11.6 Å². The number of rotatable bonds is 4. The van der Waals surface area contributed by atoms with E-state index in [4.69, 9.17) is 17.3 Å². The van der Waals surface area contributed by atoms with Crippen LogP contribution in [0.25, 0.3) is 0 Å². The minimum absolute atomic E-state index is 0.0920. The van der Waals surface area contributed by atoms with E-state index in [0.717, 1.165) is 6.26 Å². The van der Waals surface area contributed by atoms with Crippen molar-refractivity contribution >= 4 is 38.9 Å². The second-order valence-electron chi connectivity index (χ2n) is 4.95. The molecule has 0 spiro atoms. The number of nitrogens with two attached hydrogens (primary N) is 1. The molecule has 0 bridgehead atoms. The first-order valence-corrected chi connectivity index (χ1v) is 8.53. The molecule has 8 heteroatoms. The Balaban J connectivity index is 2.07. The lowest BCUT2D eigenvalue weighted by molar-refractivity contribution is -0.118. The van der Waals surface area contributed by atoms with E-state index in [0.29, 0.717) is 12.1 Å². The van der Waals surface area contributed by atoms with Crippen LogP contribution in [0.5, 0.6) is 0 Å². The summed E-state index contributed by atoms with van der Waals surface area (Å²) in [4.78, 5) is 12.0. The molecule has 21 heavy (non-hydrogen) atoms. The van der Waals surface area contributed by atoms with Gasteiger partial charge in [-0.2, -0.15) is 0 Å². The van der Waals surface area contributed by atoms with Gasteiger partial charge in [0.15, 0.2) is 0 Å². The number of hydrogen-bond donors (Lipinski definition) is 3. The smallest absolute Gasteiger partial charge is 0.231 e. The fourth-order valence-electron chi connectivity index (χ4n) is 2.03. The van der Waals surface area contributed by atoms with E-state index >= 15 is 0 Å². The van der Waals surface area contributed by atoms with Crippen LogP contribution in [-0.4, -0.2) is 26.6 Å². The minimum atomic E-state index is -3.40. The number of nitrogens with one attached hydrogen (secondary N) is 2. The fourth-order valence-corrected chi connectivity index (χ4v) is 2.89. The van der Waals surface area contributed by atoms with E-state index in [1.165, 1.54) is 12.1 Å². The number of sulfonamides is 1. The van der Waals surface area contributed by atoms with Gasteiger partial charge in [-0.3, -0.25) is 9.52 Å². The molecular formula is C13H16ClN3O3S. The molecule has 6 nitrogen and oxygen atoms in total. The predicted octanol–water partition coefficient (Wildman–Crippen LogP) is 1.55. The summed E-state index contributed by atoms with van der Waals surface area (Å²) >= 11 is 5.99. The molecule has 2 rings (SSSR count). The second kappa shape index (κ2) is 6.05. The summed E-state index contributed by atoms with van der Waals surface area (Å²) in [6.45, 7) is 0. The van der Waals surface area contributed by atoms with Crippen LogP contribution in [0.1, 0.15) is 6.42 Å². The highest BCUT2D eigenvalue weighted by Crippen LogP contribution is 2.27. The van der Waals surface area contributed by atoms with E-state index in [2.05, 4.69) is 10.0 Å². The topological polar surface area (TPSA) is 101 Å². The summed E-state index contributed by atoms with van der Waals surface area (Å²) in [5.41, 5.74) is 6.47. The van der Waals surface area contributed by atoms with Gasteiger partial charge in [-0.1, -0.05) is 23.8 Å². The van der Waals surface area contributed by atoms with Crippen molar-refractivity contribution in [1.29, 1.82) is 0 Å². The maximum absolute atomic E-state index is 12.0. The molecule has 0 fully saturated rings. The Hall–Kier alpha value is -1.57. The van der Waals surface area contributed by atoms with Crippen molar-refractivity contribution in [2.45, 2.75) is 12.5 Å². The normalized spacial score (nSPS) is 21.3. The van der Waals surface area contributed by atoms with Gasteiger partial charge in [0.2, 0.25) is 15.9 Å². The lowest BCUT2D eigenvalue weighted by Crippen LogP contribution is -2.24.